The van der Waals surface area contributed by atoms with Crippen molar-refractivity contribution >= 4 is 22.6 Å². The Morgan fingerprint density at radius 3 is 2.81 bits per heavy atom. The van der Waals surface area contributed by atoms with E-state index >= 15 is 0 Å². The van der Waals surface area contributed by atoms with Crippen LogP contribution in [-0.2, 0) is 11.8 Å². The Morgan fingerprint density at radius 2 is 2.00 bits per heavy atom. The van der Waals surface area contributed by atoms with Gasteiger partial charge in [-0.2, -0.15) is 5.10 Å². The molecule has 0 radical (unpaired) electrons. The normalized spacial score (nSPS) is 18.4. The van der Waals surface area contributed by atoms with E-state index in [0.29, 0.717) is 5.82 Å². The van der Waals surface area contributed by atoms with Crippen LogP contribution in [0.1, 0.15) is 19.3 Å². The van der Waals surface area contributed by atoms with E-state index in [1.54, 1.807) is 4.68 Å². The van der Waals surface area contributed by atoms with Crippen LogP contribution in [0.15, 0.2) is 36.7 Å². The fourth-order valence-electron chi connectivity index (χ4n) is 3.59. The van der Waals surface area contributed by atoms with Crippen LogP contribution in [0.4, 0.5) is 5.82 Å². The van der Waals surface area contributed by atoms with E-state index in [4.69, 9.17) is 0 Å². The Hall–Kier alpha value is -2.80. The second-order valence-electron chi connectivity index (χ2n) is 7.33. The first-order valence-corrected chi connectivity index (χ1v) is 9.34. The van der Waals surface area contributed by atoms with Crippen LogP contribution >= 0.6 is 0 Å². The van der Waals surface area contributed by atoms with Gasteiger partial charge in [0, 0.05) is 30.1 Å². The topological polar surface area (TPSA) is 75.9 Å². The zero-order valence-corrected chi connectivity index (χ0v) is 15.7. The smallest absolute Gasteiger partial charge is 0.228 e. The molecule has 7 nitrogen and oxygen atoms in total. The lowest BCUT2D eigenvalue weighted by Gasteiger charge is -2.14. The van der Waals surface area contributed by atoms with Gasteiger partial charge in [0.2, 0.25) is 5.91 Å². The molecule has 1 aliphatic heterocycles. The number of aromatic nitrogens is 4. The lowest BCUT2D eigenvalue weighted by Crippen LogP contribution is -2.25. The summed E-state index contributed by atoms with van der Waals surface area (Å²) in [5, 5.41) is 16.6. The molecule has 0 aliphatic carbocycles. The van der Waals surface area contributed by atoms with E-state index in [1.165, 1.54) is 0 Å². The Labute approximate surface area is 158 Å². The molecule has 1 aromatic carbocycles. The number of amides is 1. The first-order valence-electron chi connectivity index (χ1n) is 9.34. The molecule has 0 bridgehead atoms. The van der Waals surface area contributed by atoms with Crippen LogP contribution in [0.5, 0.6) is 0 Å². The molecule has 1 atom stereocenters. The molecule has 7 heteroatoms. The number of fused-ring (bicyclic) bond motifs is 1. The number of nitrogens with one attached hydrogen (secondary N) is 1. The van der Waals surface area contributed by atoms with Crippen molar-refractivity contribution in [3.05, 3.63) is 36.7 Å². The molecule has 2 aromatic heterocycles. The molecule has 3 aromatic rings. The highest BCUT2D eigenvalue weighted by atomic mass is 16.1. The Kier molecular flexibility index (Phi) is 4.85. The number of anilines is 1. The summed E-state index contributed by atoms with van der Waals surface area (Å²) in [5.74, 6) is 0.588. The maximum Gasteiger partial charge on any atom is 0.228 e. The van der Waals surface area contributed by atoms with Crippen molar-refractivity contribution in [2.45, 2.75) is 19.3 Å². The van der Waals surface area contributed by atoms with Gasteiger partial charge < -0.3 is 10.2 Å². The predicted octanol–water partition coefficient (Wildman–Crippen LogP) is 2.70. The lowest BCUT2D eigenvalue weighted by atomic mass is 10.00. The van der Waals surface area contributed by atoms with Crippen molar-refractivity contribution in [3.63, 3.8) is 0 Å². The fraction of sp³-hybridized carbons (Fsp3) is 0.400. The minimum Gasteiger partial charge on any atom is -0.309 e. The predicted molar refractivity (Wildman–Crippen MR) is 105 cm³/mol. The SMILES string of the molecule is CN1CCCC(C(=O)Nc2cc3cc(-c4cnn(C)c4)ccc3nn2)CC1. The number of aryl methyl sites for hydroxylation is 1. The number of hydrogen-bond donors (Lipinski definition) is 1. The van der Waals surface area contributed by atoms with Gasteiger partial charge in [0.05, 0.1) is 11.7 Å². The van der Waals surface area contributed by atoms with E-state index in [0.717, 1.165) is 54.4 Å². The second-order valence-corrected chi connectivity index (χ2v) is 7.33. The van der Waals surface area contributed by atoms with Gasteiger partial charge >= 0.3 is 0 Å². The van der Waals surface area contributed by atoms with Crippen LogP contribution in [0.25, 0.3) is 22.0 Å². The third-order valence-electron chi connectivity index (χ3n) is 5.20. The molecule has 0 spiro atoms. The summed E-state index contributed by atoms with van der Waals surface area (Å²) in [4.78, 5) is 14.9. The van der Waals surface area contributed by atoms with Crippen LogP contribution in [0.2, 0.25) is 0 Å². The second kappa shape index (κ2) is 7.44. The maximum absolute atomic E-state index is 12.6. The molecule has 140 valence electrons. The first kappa shape index (κ1) is 17.6. The van der Waals surface area contributed by atoms with Gasteiger partial charge in [-0.25, -0.2) is 0 Å². The summed E-state index contributed by atoms with van der Waals surface area (Å²) in [7, 11) is 4.00. The fourth-order valence-corrected chi connectivity index (χ4v) is 3.59. The molecule has 1 N–H and O–H groups in total. The van der Waals surface area contributed by atoms with Gasteiger partial charge in [0.1, 0.15) is 0 Å². The Morgan fingerprint density at radius 1 is 1.11 bits per heavy atom. The summed E-state index contributed by atoms with van der Waals surface area (Å²) >= 11 is 0. The van der Waals surface area contributed by atoms with Crippen molar-refractivity contribution < 1.29 is 4.79 Å². The largest absolute Gasteiger partial charge is 0.309 e. The molecule has 27 heavy (non-hydrogen) atoms. The van der Waals surface area contributed by atoms with Gasteiger partial charge in [0.25, 0.3) is 0 Å². The van der Waals surface area contributed by atoms with Crippen molar-refractivity contribution in [1.82, 2.24) is 24.9 Å². The quantitative estimate of drug-likeness (QED) is 0.773. The van der Waals surface area contributed by atoms with Crippen molar-refractivity contribution in [2.75, 3.05) is 25.5 Å². The van der Waals surface area contributed by atoms with Gasteiger partial charge in [0.15, 0.2) is 5.82 Å². The number of rotatable bonds is 3. The summed E-state index contributed by atoms with van der Waals surface area (Å²) in [5.41, 5.74) is 2.91. The highest BCUT2D eigenvalue weighted by molar-refractivity contribution is 5.94. The number of carbonyl (C=O) groups is 1. The standard InChI is InChI=1S/C20H24N6O/c1-25-8-3-4-14(7-9-25)20(27)22-19-11-16-10-15(5-6-18(16)23-24-19)17-12-21-26(2)13-17/h5-6,10-14H,3-4,7-9H2,1-2H3,(H,22,24,27). The molecular formula is C20H24N6O. The lowest BCUT2D eigenvalue weighted by molar-refractivity contribution is -0.120. The van der Waals surface area contributed by atoms with Crippen molar-refractivity contribution in [1.29, 1.82) is 0 Å². The molecule has 1 saturated heterocycles. The highest BCUT2D eigenvalue weighted by Gasteiger charge is 2.22. The van der Waals surface area contributed by atoms with Crippen LogP contribution in [0.3, 0.4) is 0 Å². The monoisotopic (exact) mass is 364 g/mol. The number of likely N-dealkylation sites (tertiary alicyclic amines) is 1. The van der Waals surface area contributed by atoms with E-state index < -0.39 is 0 Å². The zero-order chi connectivity index (χ0) is 18.8. The molecule has 0 saturated carbocycles. The summed E-state index contributed by atoms with van der Waals surface area (Å²) in [6.07, 6.45) is 6.66. The van der Waals surface area contributed by atoms with Crippen LogP contribution in [-0.4, -0.2) is 50.9 Å². The highest BCUT2D eigenvalue weighted by Crippen LogP contribution is 2.24. The Balaban J connectivity index is 1.54. The minimum absolute atomic E-state index is 0.0363. The van der Waals surface area contributed by atoms with E-state index in [1.807, 2.05) is 37.6 Å². The first-order chi connectivity index (χ1) is 13.1. The van der Waals surface area contributed by atoms with Gasteiger partial charge in [-0.05, 0) is 63.2 Å². The third-order valence-corrected chi connectivity index (χ3v) is 5.20. The molecule has 1 amide bonds. The molecule has 1 unspecified atom stereocenters. The number of hydrogen-bond acceptors (Lipinski definition) is 5. The Bertz CT molecular complexity index is 966. The molecular weight excluding hydrogens is 340 g/mol. The molecule has 4 rings (SSSR count). The van der Waals surface area contributed by atoms with Crippen LogP contribution < -0.4 is 5.32 Å². The average molecular weight is 364 g/mol. The number of nitrogens with zero attached hydrogens (tertiary/aromatic N) is 5. The average Bonchev–Trinajstić information content (AvgIpc) is 2.98. The van der Waals surface area contributed by atoms with Crippen molar-refractivity contribution in [2.24, 2.45) is 13.0 Å². The van der Waals surface area contributed by atoms with Gasteiger partial charge in [-0.1, -0.05) is 6.07 Å². The van der Waals surface area contributed by atoms with Gasteiger partial charge in [-0.3, -0.25) is 9.48 Å². The molecule has 1 fully saturated rings. The van der Waals surface area contributed by atoms with Gasteiger partial charge in [-0.15, -0.1) is 10.2 Å². The minimum atomic E-state index is 0.0363. The van der Waals surface area contributed by atoms with Crippen molar-refractivity contribution in [3.8, 4) is 11.1 Å². The number of benzene rings is 1. The summed E-state index contributed by atoms with van der Waals surface area (Å²) < 4.78 is 1.78. The van der Waals surface area contributed by atoms with Crippen LogP contribution in [0, 0.1) is 5.92 Å². The maximum atomic E-state index is 12.6. The van der Waals surface area contributed by atoms with E-state index in [9.17, 15) is 4.79 Å². The molecule has 1 aliphatic rings. The summed E-state index contributed by atoms with van der Waals surface area (Å²) in [6.45, 7) is 2.01. The van der Waals surface area contributed by atoms with E-state index in [2.05, 4.69) is 38.6 Å². The summed E-state index contributed by atoms with van der Waals surface area (Å²) in [6, 6.07) is 7.89. The third kappa shape index (κ3) is 3.98. The zero-order valence-electron chi connectivity index (χ0n) is 15.7. The molecule has 3 heterocycles. The van der Waals surface area contributed by atoms with E-state index in [-0.39, 0.29) is 11.8 Å². The number of carbonyl (C=O) groups excluding carboxylic acids is 1.